The maximum absolute atomic E-state index is 12.4. The highest BCUT2D eigenvalue weighted by atomic mass is 32.2. The van der Waals surface area contributed by atoms with Crippen LogP contribution in [0.15, 0.2) is 41.6 Å². The van der Waals surface area contributed by atoms with E-state index < -0.39 is 10.0 Å². The van der Waals surface area contributed by atoms with Crippen molar-refractivity contribution in [2.24, 2.45) is 5.73 Å². The van der Waals surface area contributed by atoms with Crippen LogP contribution in [-0.2, 0) is 23.0 Å². The SMILES string of the molecule is CN(Cc1cn[nH]c1)S(=O)(=O)c1ccc(CCN)cc1. The van der Waals surface area contributed by atoms with Crippen molar-refractivity contribution in [3.8, 4) is 0 Å². The maximum Gasteiger partial charge on any atom is 0.243 e. The number of aromatic amines is 1. The van der Waals surface area contributed by atoms with Crippen molar-refractivity contribution < 1.29 is 8.42 Å². The van der Waals surface area contributed by atoms with E-state index in [0.717, 1.165) is 17.5 Å². The summed E-state index contributed by atoms with van der Waals surface area (Å²) in [6.07, 6.45) is 4.03. The quantitative estimate of drug-likeness (QED) is 0.821. The third-order valence-electron chi connectivity index (χ3n) is 3.02. The zero-order valence-electron chi connectivity index (χ0n) is 11.3. The Kier molecular flexibility index (Phi) is 4.53. The summed E-state index contributed by atoms with van der Waals surface area (Å²) < 4.78 is 26.1. The minimum atomic E-state index is -3.49. The van der Waals surface area contributed by atoms with Crippen LogP contribution in [0.2, 0.25) is 0 Å². The van der Waals surface area contributed by atoms with Crippen molar-refractivity contribution in [3.63, 3.8) is 0 Å². The minimum Gasteiger partial charge on any atom is -0.330 e. The standard InChI is InChI=1S/C13H18N4O2S/c1-17(10-12-8-15-16-9-12)20(18,19)13-4-2-11(3-5-13)6-7-14/h2-5,8-9H,6-7,10,14H2,1H3,(H,15,16). The van der Waals surface area contributed by atoms with Gasteiger partial charge in [0.15, 0.2) is 0 Å². The molecular weight excluding hydrogens is 276 g/mol. The number of rotatable bonds is 6. The summed E-state index contributed by atoms with van der Waals surface area (Å²) in [5, 5.41) is 6.47. The predicted molar refractivity (Wildman–Crippen MR) is 76.4 cm³/mol. The molecule has 3 N–H and O–H groups in total. The first kappa shape index (κ1) is 14.7. The molecule has 0 aliphatic carbocycles. The highest BCUT2D eigenvalue weighted by Crippen LogP contribution is 2.17. The van der Waals surface area contributed by atoms with Crippen LogP contribution in [0.4, 0.5) is 0 Å². The summed E-state index contributed by atoms with van der Waals surface area (Å²) in [4.78, 5) is 0.282. The molecule has 0 radical (unpaired) electrons. The molecule has 0 saturated carbocycles. The Bertz CT molecular complexity index is 636. The van der Waals surface area contributed by atoms with Crippen LogP contribution in [0.5, 0.6) is 0 Å². The molecule has 2 rings (SSSR count). The Hall–Kier alpha value is -1.70. The lowest BCUT2D eigenvalue weighted by Gasteiger charge is -2.16. The Morgan fingerprint density at radius 1 is 1.25 bits per heavy atom. The van der Waals surface area contributed by atoms with Gasteiger partial charge >= 0.3 is 0 Å². The van der Waals surface area contributed by atoms with Crippen LogP contribution >= 0.6 is 0 Å². The van der Waals surface area contributed by atoms with E-state index in [2.05, 4.69) is 10.2 Å². The van der Waals surface area contributed by atoms with E-state index in [1.165, 1.54) is 4.31 Å². The molecule has 0 unspecified atom stereocenters. The minimum absolute atomic E-state index is 0.281. The Morgan fingerprint density at radius 2 is 1.95 bits per heavy atom. The average molecular weight is 294 g/mol. The molecule has 0 fully saturated rings. The number of nitrogens with two attached hydrogens (primary N) is 1. The molecule has 20 heavy (non-hydrogen) atoms. The molecule has 0 amide bonds. The van der Waals surface area contributed by atoms with Crippen LogP contribution < -0.4 is 5.73 Å². The largest absolute Gasteiger partial charge is 0.330 e. The van der Waals surface area contributed by atoms with Crippen LogP contribution in [-0.4, -0.2) is 36.5 Å². The highest BCUT2D eigenvalue weighted by Gasteiger charge is 2.20. The van der Waals surface area contributed by atoms with E-state index in [1.807, 2.05) is 0 Å². The molecule has 0 saturated heterocycles. The van der Waals surface area contributed by atoms with Crippen molar-refractivity contribution in [3.05, 3.63) is 47.8 Å². The first-order chi connectivity index (χ1) is 9.54. The second-order valence-electron chi connectivity index (χ2n) is 4.55. The summed E-state index contributed by atoms with van der Waals surface area (Å²) in [7, 11) is -1.93. The fourth-order valence-corrected chi connectivity index (χ4v) is 3.04. The Balaban J connectivity index is 2.16. The molecule has 6 nitrogen and oxygen atoms in total. The summed E-state index contributed by atoms with van der Waals surface area (Å²) in [5.41, 5.74) is 7.32. The highest BCUT2D eigenvalue weighted by molar-refractivity contribution is 7.89. The van der Waals surface area contributed by atoms with Gasteiger partial charge in [-0.3, -0.25) is 5.10 Å². The van der Waals surface area contributed by atoms with E-state index in [9.17, 15) is 8.42 Å². The molecule has 1 aromatic heterocycles. The van der Waals surface area contributed by atoms with E-state index >= 15 is 0 Å². The van der Waals surface area contributed by atoms with E-state index in [4.69, 9.17) is 5.73 Å². The van der Waals surface area contributed by atoms with Gasteiger partial charge in [-0.1, -0.05) is 12.1 Å². The van der Waals surface area contributed by atoms with Crippen molar-refractivity contribution in [2.45, 2.75) is 17.9 Å². The normalized spacial score (nSPS) is 11.9. The summed E-state index contributed by atoms with van der Waals surface area (Å²) in [6.45, 7) is 0.829. The number of hydrogen-bond acceptors (Lipinski definition) is 4. The maximum atomic E-state index is 12.4. The predicted octanol–water partition coefficient (Wildman–Crippen LogP) is 0.732. The van der Waals surface area contributed by atoms with Crippen molar-refractivity contribution in [1.82, 2.24) is 14.5 Å². The number of H-pyrrole nitrogens is 1. The molecule has 0 spiro atoms. The van der Waals surface area contributed by atoms with E-state index in [1.54, 1.807) is 43.7 Å². The Morgan fingerprint density at radius 3 is 2.50 bits per heavy atom. The molecule has 0 atom stereocenters. The van der Waals surface area contributed by atoms with Gasteiger partial charge in [-0.15, -0.1) is 0 Å². The summed E-state index contributed by atoms with van der Waals surface area (Å²) in [6, 6.07) is 6.83. The smallest absolute Gasteiger partial charge is 0.243 e. The van der Waals surface area contributed by atoms with Gasteiger partial charge < -0.3 is 5.73 Å². The second-order valence-corrected chi connectivity index (χ2v) is 6.60. The molecule has 0 aliphatic heterocycles. The number of aromatic nitrogens is 2. The third-order valence-corrected chi connectivity index (χ3v) is 4.84. The van der Waals surface area contributed by atoms with Crippen LogP contribution in [0.1, 0.15) is 11.1 Å². The summed E-state index contributed by atoms with van der Waals surface area (Å²) >= 11 is 0. The van der Waals surface area contributed by atoms with E-state index in [0.29, 0.717) is 6.54 Å². The van der Waals surface area contributed by atoms with Gasteiger partial charge in [0.25, 0.3) is 0 Å². The van der Waals surface area contributed by atoms with Gasteiger partial charge in [0.2, 0.25) is 10.0 Å². The number of nitrogens with zero attached hydrogens (tertiary/aromatic N) is 2. The molecule has 108 valence electrons. The first-order valence-corrected chi connectivity index (χ1v) is 7.71. The monoisotopic (exact) mass is 294 g/mol. The number of sulfonamides is 1. The summed E-state index contributed by atoms with van der Waals surface area (Å²) in [5.74, 6) is 0. The van der Waals surface area contributed by atoms with Crippen molar-refractivity contribution in [2.75, 3.05) is 13.6 Å². The van der Waals surface area contributed by atoms with Gasteiger partial charge in [-0.05, 0) is 30.7 Å². The van der Waals surface area contributed by atoms with Crippen LogP contribution in [0, 0.1) is 0 Å². The van der Waals surface area contributed by atoms with Gasteiger partial charge in [0, 0.05) is 25.4 Å². The van der Waals surface area contributed by atoms with E-state index in [-0.39, 0.29) is 11.4 Å². The van der Waals surface area contributed by atoms with Crippen LogP contribution in [0.25, 0.3) is 0 Å². The number of hydrogen-bond donors (Lipinski definition) is 2. The molecule has 0 aliphatic rings. The van der Waals surface area contributed by atoms with Gasteiger partial charge in [0.1, 0.15) is 0 Å². The molecule has 2 aromatic rings. The molecule has 1 aromatic carbocycles. The average Bonchev–Trinajstić information content (AvgIpc) is 2.92. The first-order valence-electron chi connectivity index (χ1n) is 6.27. The Labute approximate surface area is 118 Å². The zero-order valence-corrected chi connectivity index (χ0v) is 12.1. The molecule has 1 heterocycles. The molecular formula is C13H18N4O2S. The molecule has 0 bridgehead atoms. The lowest BCUT2D eigenvalue weighted by molar-refractivity contribution is 0.467. The fraction of sp³-hybridized carbons (Fsp3) is 0.308. The lowest BCUT2D eigenvalue weighted by Crippen LogP contribution is -2.26. The zero-order chi connectivity index (χ0) is 14.6. The van der Waals surface area contributed by atoms with Crippen molar-refractivity contribution >= 4 is 10.0 Å². The van der Waals surface area contributed by atoms with Gasteiger partial charge in [0.05, 0.1) is 11.1 Å². The number of benzene rings is 1. The number of nitrogens with one attached hydrogen (secondary N) is 1. The molecule has 7 heteroatoms. The lowest BCUT2D eigenvalue weighted by atomic mass is 10.2. The third kappa shape index (κ3) is 3.24. The van der Waals surface area contributed by atoms with Gasteiger partial charge in [-0.2, -0.15) is 9.40 Å². The second kappa shape index (κ2) is 6.17. The van der Waals surface area contributed by atoms with Crippen LogP contribution in [0.3, 0.4) is 0 Å². The fourth-order valence-electron chi connectivity index (χ4n) is 1.88. The van der Waals surface area contributed by atoms with Gasteiger partial charge in [-0.25, -0.2) is 8.42 Å². The van der Waals surface area contributed by atoms with Crippen molar-refractivity contribution in [1.29, 1.82) is 0 Å². The topological polar surface area (TPSA) is 92.1 Å².